The van der Waals surface area contributed by atoms with Crippen molar-refractivity contribution in [2.45, 2.75) is 25.8 Å². The van der Waals surface area contributed by atoms with Gasteiger partial charge in [0.2, 0.25) is 5.91 Å². The summed E-state index contributed by atoms with van der Waals surface area (Å²) >= 11 is 0. The van der Waals surface area contributed by atoms with Gasteiger partial charge >= 0.3 is 0 Å². The lowest BCUT2D eigenvalue weighted by Gasteiger charge is -2.29. The number of hydrogen-bond donors (Lipinski definition) is 1. The van der Waals surface area contributed by atoms with Gasteiger partial charge in [-0.1, -0.05) is 18.2 Å². The van der Waals surface area contributed by atoms with Gasteiger partial charge in [-0.05, 0) is 32.0 Å². The number of nitrogens with zero attached hydrogens (tertiary/aromatic N) is 1. The average Bonchev–Trinajstić information content (AvgIpc) is 2.93. The molecule has 4 nitrogen and oxygen atoms in total. The summed E-state index contributed by atoms with van der Waals surface area (Å²) < 4.78 is 5.45. The van der Waals surface area contributed by atoms with Gasteiger partial charge in [-0.2, -0.15) is 0 Å². The highest BCUT2D eigenvalue weighted by molar-refractivity contribution is 5.72. The highest BCUT2D eigenvalue weighted by Crippen LogP contribution is 2.31. The van der Waals surface area contributed by atoms with E-state index in [0.717, 1.165) is 24.4 Å². The van der Waals surface area contributed by atoms with Crippen molar-refractivity contribution in [2.24, 2.45) is 0 Å². The molecular formula is C15H22N2O2. The minimum atomic E-state index is 0.0131. The number of hydrogen-bond acceptors (Lipinski definition) is 3. The SMILES string of the molecule is COc1ccccc1C(CNC(C)=O)N1CCCC1. The van der Waals surface area contributed by atoms with E-state index in [9.17, 15) is 4.79 Å². The molecule has 1 saturated heterocycles. The van der Waals surface area contributed by atoms with Crippen molar-refractivity contribution < 1.29 is 9.53 Å². The molecule has 1 atom stereocenters. The van der Waals surface area contributed by atoms with Crippen LogP contribution >= 0.6 is 0 Å². The number of para-hydroxylation sites is 1. The van der Waals surface area contributed by atoms with Crippen LogP contribution in [0.25, 0.3) is 0 Å². The lowest BCUT2D eigenvalue weighted by atomic mass is 10.0. The number of carbonyl (C=O) groups is 1. The van der Waals surface area contributed by atoms with Gasteiger partial charge in [-0.25, -0.2) is 0 Å². The van der Waals surface area contributed by atoms with Gasteiger partial charge in [0.25, 0.3) is 0 Å². The highest BCUT2D eigenvalue weighted by Gasteiger charge is 2.25. The van der Waals surface area contributed by atoms with Gasteiger partial charge in [0.15, 0.2) is 0 Å². The van der Waals surface area contributed by atoms with Crippen LogP contribution in [-0.2, 0) is 4.79 Å². The van der Waals surface area contributed by atoms with E-state index in [-0.39, 0.29) is 11.9 Å². The van der Waals surface area contributed by atoms with Crippen molar-refractivity contribution in [1.29, 1.82) is 0 Å². The van der Waals surface area contributed by atoms with E-state index in [0.29, 0.717) is 6.54 Å². The van der Waals surface area contributed by atoms with E-state index in [2.05, 4.69) is 16.3 Å². The molecule has 1 heterocycles. The fourth-order valence-corrected chi connectivity index (χ4v) is 2.67. The van der Waals surface area contributed by atoms with E-state index in [1.807, 2.05) is 18.2 Å². The second-order valence-corrected chi connectivity index (χ2v) is 4.94. The van der Waals surface area contributed by atoms with E-state index in [1.165, 1.54) is 12.8 Å². The van der Waals surface area contributed by atoms with Gasteiger partial charge in [0.1, 0.15) is 5.75 Å². The van der Waals surface area contributed by atoms with Crippen LogP contribution in [0.1, 0.15) is 31.4 Å². The predicted molar refractivity (Wildman–Crippen MR) is 75.2 cm³/mol. The largest absolute Gasteiger partial charge is 0.496 e. The molecule has 1 N–H and O–H groups in total. The first kappa shape index (κ1) is 13.9. The lowest BCUT2D eigenvalue weighted by molar-refractivity contribution is -0.119. The van der Waals surface area contributed by atoms with Crippen LogP contribution < -0.4 is 10.1 Å². The molecule has 0 aliphatic carbocycles. The Hall–Kier alpha value is -1.55. The molecule has 1 unspecified atom stereocenters. The third-order valence-corrected chi connectivity index (χ3v) is 3.62. The summed E-state index contributed by atoms with van der Waals surface area (Å²) in [6.45, 7) is 4.36. The first-order valence-electron chi connectivity index (χ1n) is 6.83. The topological polar surface area (TPSA) is 41.6 Å². The van der Waals surface area contributed by atoms with E-state index in [4.69, 9.17) is 4.74 Å². The number of rotatable bonds is 5. The third kappa shape index (κ3) is 3.47. The molecule has 1 aromatic rings. The van der Waals surface area contributed by atoms with Crippen molar-refractivity contribution >= 4 is 5.91 Å². The van der Waals surface area contributed by atoms with Crippen LogP contribution in [0.5, 0.6) is 5.75 Å². The lowest BCUT2D eigenvalue weighted by Crippen LogP contribution is -2.36. The van der Waals surface area contributed by atoms with Gasteiger partial charge < -0.3 is 10.1 Å². The number of amides is 1. The zero-order chi connectivity index (χ0) is 13.7. The van der Waals surface area contributed by atoms with Crippen LogP contribution in [-0.4, -0.2) is 37.6 Å². The average molecular weight is 262 g/mol. The number of carbonyl (C=O) groups excluding carboxylic acids is 1. The fourth-order valence-electron chi connectivity index (χ4n) is 2.67. The van der Waals surface area contributed by atoms with E-state index < -0.39 is 0 Å². The van der Waals surface area contributed by atoms with Crippen LogP contribution in [0.4, 0.5) is 0 Å². The molecule has 1 aromatic carbocycles. The van der Waals surface area contributed by atoms with Crippen molar-refractivity contribution in [3.8, 4) is 5.75 Å². The molecule has 1 amide bonds. The fraction of sp³-hybridized carbons (Fsp3) is 0.533. The standard InChI is InChI=1S/C15H22N2O2/c1-12(18)16-11-14(17-9-5-6-10-17)13-7-3-4-8-15(13)19-2/h3-4,7-8,14H,5-6,9-11H2,1-2H3,(H,16,18). The first-order chi connectivity index (χ1) is 9.22. The number of ether oxygens (including phenoxy) is 1. The Labute approximate surface area is 114 Å². The Morgan fingerprint density at radius 1 is 1.37 bits per heavy atom. The highest BCUT2D eigenvalue weighted by atomic mass is 16.5. The quantitative estimate of drug-likeness (QED) is 0.882. The summed E-state index contributed by atoms with van der Waals surface area (Å²) in [5.41, 5.74) is 1.15. The molecule has 104 valence electrons. The zero-order valence-electron chi connectivity index (χ0n) is 11.7. The monoisotopic (exact) mass is 262 g/mol. The van der Waals surface area contributed by atoms with Crippen molar-refractivity contribution in [2.75, 3.05) is 26.7 Å². The van der Waals surface area contributed by atoms with Crippen LogP contribution in [0.2, 0.25) is 0 Å². The Balaban J connectivity index is 2.21. The van der Waals surface area contributed by atoms with Gasteiger partial charge in [0, 0.05) is 19.0 Å². The molecule has 0 saturated carbocycles. The minimum Gasteiger partial charge on any atom is -0.496 e. The van der Waals surface area contributed by atoms with E-state index >= 15 is 0 Å². The number of benzene rings is 1. The molecule has 0 aromatic heterocycles. The molecule has 1 fully saturated rings. The predicted octanol–water partition coefficient (Wildman–Crippen LogP) is 1.97. The summed E-state index contributed by atoms with van der Waals surface area (Å²) in [6.07, 6.45) is 2.46. The molecule has 2 rings (SSSR count). The molecule has 19 heavy (non-hydrogen) atoms. The Kier molecular flexibility index (Phi) is 4.80. The van der Waals surface area contributed by atoms with Crippen molar-refractivity contribution in [3.63, 3.8) is 0 Å². The number of likely N-dealkylation sites (tertiary alicyclic amines) is 1. The summed E-state index contributed by atoms with van der Waals surface area (Å²) in [5, 5.41) is 2.94. The number of nitrogens with one attached hydrogen (secondary N) is 1. The number of methoxy groups -OCH3 is 1. The van der Waals surface area contributed by atoms with Crippen molar-refractivity contribution in [3.05, 3.63) is 29.8 Å². The molecule has 4 heteroatoms. The maximum atomic E-state index is 11.2. The zero-order valence-corrected chi connectivity index (χ0v) is 11.7. The molecule has 0 radical (unpaired) electrons. The first-order valence-corrected chi connectivity index (χ1v) is 6.83. The second kappa shape index (κ2) is 6.57. The molecule has 0 spiro atoms. The maximum Gasteiger partial charge on any atom is 0.216 e. The minimum absolute atomic E-state index is 0.0131. The second-order valence-electron chi connectivity index (χ2n) is 4.94. The van der Waals surface area contributed by atoms with Crippen LogP contribution in [0, 0.1) is 0 Å². The smallest absolute Gasteiger partial charge is 0.216 e. The van der Waals surface area contributed by atoms with Gasteiger partial charge in [-0.15, -0.1) is 0 Å². The Bertz CT molecular complexity index is 428. The summed E-state index contributed by atoms with van der Waals surface area (Å²) in [5.74, 6) is 0.906. The van der Waals surface area contributed by atoms with E-state index in [1.54, 1.807) is 14.0 Å². The summed E-state index contributed by atoms with van der Waals surface area (Å²) in [4.78, 5) is 13.6. The van der Waals surface area contributed by atoms with Gasteiger partial charge in [0.05, 0.1) is 13.2 Å². The summed E-state index contributed by atoms with van der Waals surface area (Å²) in [6, 6.07) is 8.26. The molecule has 0 bridgehead atoms. The molecule has 1 aliphatic rings. The molecular weight excluding hydrogens is 240 g/mol. The Morgan fingerprint density at radius 3 is 2.68 bits per heavy atom. The third-order valence-electron chi connectivity index (χ3n) is 3.62. The van der Waals surface area contributed by atoms with Gasteiger partial charge in [-0.3, -0.25) is 9.69 Å². The van der Waals surface area contributed by atoms with Crippen molar-refractivity contribution in [1.82, 2.24) is 10.2 Å². The summed E-state index contributed by atoms with van der Waals surface area (Å²) in [7, 11) is 1.69. The normalized spacial score (nSPS) is 17.2. The van der Waals surface area contributed by atoms with Crippen LogP contribution in [0.15, 0.2) is 24.3 Å². The molecule has 1 aliphatic heterocycles. The Morgan fingerprint density at radius 2 is 2.05 bits per heavy atom. The van der Waals surface area contributed by atoms with Crippen LogP contribution in [0.3, 0.4) is 0 Å². The maximum absolute atomic E-state index is 11.2.